The Balaban J connectivity index is 1.64. The minimum Gasteiger partial charge on any atom is -0.484 e. The van der Waals surface area contributed by atoms with Crippen LogP contribution in [0.5, 0.6) is 5.75 Å². The molecule has 2 aromatic carbocycles. The molecule has 140 valence electrons. The highest BCUT2D eigenvalue weighted by Crippen LogP contribution is 2.20. The molecule has 9 heteroatoms. The van der Waals surface area contributed by atoms with Crippen LogP contribution >= 0.6 is 22.9 Å². The SMILES string of the molecule is NC(=O)COc1ccc(/C=c2/sc3nc(-c4cccc(Cl)c4)nn3c2=O)cc1. The Morgan fingerprint density at radius 3 is 2.71 bits per heavy atom. The fourth-order valence-electron chi connectivity index (χ4n) is 2.55. The number of halogens is 1. The predicted molar refractivity (Wildman–Crippen MR) is 107 cm³/mol. The number of carbonyl (C=O) groups excluding carboxylic acids is 1. The van der Waals surface area contributed by atoms with Crippen molar-refractivity contribution in [3.8, 4) is 17.1 Å². The lowest BCUT2D eigenvalue weighted by molar-refractivity contribution is -0.119. The second-order valence-electron chi connectivity index (χ2n) is 5.88. The van der Waals surface area contributed by atoms with Gasteiger partial charge in [-0.25, -0.2) is 0 Å². The zero-order chi connectivity index (χ0) is 19.7. The smallest absolute Gasteiger partial charge is 0.291 e. The van der Waals surface area contributed by atoms with E-state index < -0.39 is 5.91 Å². The average Bonchev–Trinajstić information content (AvgIpc) is 3.21. The van der Waals surface area contributed by atoms with Gasteiger partial charge in [0.2, 0.25) is 4.96 Å². The molecule has 0 aliphatic rings. The Bertz CT molecular complexity index is 1280. The van der Waals surface area contributed by atoms with Gasteiger partial charge >= 0.3 is 0 Å². The number of hydrogen-bond acceptors (Lipinski definition) is 6. The van der Waals surface area contributed by atoms with Crippen molar-refractivity contribution >= 4 is 39.9 Å². The van der Waals surface area contributed by atoms with E-state index >= 15 is 0 Å². The predicted octanol–water partition coefficient (Wildman–Crippen LogP) is 1.88. The largest absolute Gasteiger partial charge is 0.484 e. The molecular weight excluding hydrogens is 400 g/mol. The third kappa shape index (κ3) is 3.73. The topological polar surface area (TPSA) is 99.6 Å². The second-order valence-corrected chi connectivity index (χ2v) is 7.33. The number of thiazole rings is 1. The van der Waals surface area contributed by atoms with Gasteiger partial charge < -0.3 is 10.5 Å². The van der Waals surface area contributed by atoms with Crippen molar-refractivity contribution in [2.75, 3.05) is 6.61 Å². The van der Waals surface area contributed by atoms with Crippen LogP contribution in [0.2, 0.25) is 5.02 Å². The minimum atomic E-state index is -0.543. The lowest BCUT2D eigenvalue weighted by Gasteiger charge is -2.03. The number of primary amides is 1. The number of fused-ring (bicyclic) bond motifs is 1. The number of ether oxygens (including phenoxy) is 1. The van der Waals surface area contributed by atoms with E-state index in [4.69, 9.17) is 22.1 Å². The van der Waals surface area contributed by atoms with Gasteiger partial charge in [0.1, 0.15) is 5.75 Å². The highest BCUT2D eigenvalue weighted by atomic mass is 35.5. The Labute approximate surface area is 167 Å². The van der Waals surface area contributed by atoms with Crippen molar-refractivity contribution in [1.29, 1.82) is 0 Å². The Morgan fingerprint density at radius 1 is 1.25 bits per heavy atom. The fourth-order valence-corrected chi connectivity index (χ4v) is 3.65. The number of nitrogens with two attached hydrogens (primary N) is 1. The van der Waals surface area contributed by atoms with Gasteiger partial charge in [-0.15, -0.1) is 5.10 Å². The second kappa shape index (κ2) is 7.41. The van der Waals surface area contributed by atoms with E-state index in [1.807, 2.05) is 6.07 Å². The number of benzene rings is 2. The van der Waals surface area contributed by atoms with Gasteiger partial charge in [-0.2, -0.15) is 9.50 Å². The van der Waals surface area contributed by atoms with Crippen LogP contribution in [-0.4, -0.2) is 27.1 Å². The monoisotopic (exact) mass is 412 g/mol. The van der Waals surface area contributed by atoms with Gasteiger partial charge in [-0.05, 0) is 35.9 Å². The Hall–Kier alpha value is -3.23. The van der Waals surface area contributed by atoms with Crippen molar-refractivity contribution < 1.29 is 9.53 Å². The fraction of sp³-hybridized carbons (Fsp3) is 0.0526. The van der Waals surface area contributed by atoms with Gasteiger partial charge in [0.15, 0.2) is 12.4 Å². The molecule has 2 N–H and O–H groups in total. The zero-order valence-corrected chi connectivity index (χ0v) is 15.9. The molecule has 0 saturated carbocycles. The summed E-state index contributed by atoms with van der Waals surface area (Å²) in [5, 5.41) is 4.88. The summed E-state index contributed by atoms with van der Waals surface area (Å²) in [7, 11) is 0. The number of rotatable bonds is 5. The molecule has 0 spiro atoms. The van der Waals surface area contributed by atoms with E-state index in [-0.39, 0.29) is 12.2 Å². The van der Waals surface area contributed by atoms with Crippen LogP contribution in [0.4, 0.5) is 0 Å². The minimum absolute atomic E-state index is 0.184. The summed E-state index contributed by atoms with van der Waals surface area (Å²) in [6.45, 7) is -0.184. The molecule has 28 heavy (non-hydrogen) atoms. The summed E-state index contributed by atoms with van der Waals surface area (Å²) >= 11 is 7.25. The molecule has 0 atom stereocenters. The van der Waals surface area contributed by atoms with E-state index in [0.717, 1.165) is 11.1 Å². The van der Waals surface area contributed by atoms with Crippen LogP contribution in [-0.2, 0) is 4.79 Å². The highest BCUT2D eigenvalue weighted by Gasteiger charge is 2.12. The molecule has 4 aromatic rings. The van der Waals surface area contributed by atoms with E-state index in [2.05, 4.69) is 10.1 Å². The zero-order valence-electron chi connectivity index (χ0n) is 14.3. The maximum atomic E-state index is 12.6. The maximum Gasteiger partial charge on any atom is 0.291 e. The molecule has 0 radical (unpaired) electrons. The molecule has 0 saturated heterocycles. The molecule has 2 heterocycles. The van der Waals surface area contributed by atoms with Crippen LogP contribution in [0.25, 0.3) is 22.4 Å². The number of nitrogens with zero attached hydrogens (tertiary/aromatic N) is 3. The normalized spacial score (nSPS) is 11.8. The first kappa shape index (κ1) is 18.1. The molecule has 0 aliphatic heterocycles. The first-order valence-corrected chi connectivity index (χ1v) is 9.37. The van der Waals surface area contributed by atoms with Crippen LogP contribution in [0.3, 0.4) is 0 Å². The number of carbonyl (C=O) groups is 1. The van der Waals surface area contributed by atoms with E-state index in [9.17, 15) is 9.59 Å². The van der Waals surface area contributed by atoms with Gasteiger partial charge in [0.05, 0.1) is 4.53 Å². The highest BCUT2D eigenvalue weighted by molar-refractivity contribution is 7.15. The molecule has 4 rings (SSSR count). The molecule has 0 fully saturated rings. The third-order valence-electron chi connectivity index (χ3n) is 3.82. The van der Waals surface area contributed by atoms with Crippen molar-refractivity contribution in [2.45, 2.75) is 0 Å². The number of aromatic nitrogens is 3. The first-order chi connectivity index (χ1) is 13.5. The summed E-state index contributed by atoms with van der Waals surface area (Å²) in [5.74, 6) is 0.429. The Morgan fingerprint density at radius 2 is 2.04 bits per heavy atom. The standard InChI is InChI=1S/C19H13ClN4O3S/c20-13-3-1-2-12(9-13)17-22-19-24(23-17)18(26)15(28-19)8-11-4-6-14(7-5-11)27-10-16(21)25/h1-9H,10H2,(H2,21,25)/b15-8+. The van der Waals surface area contributed by atoms with Crippen LogP contribution in [0.15, 0.2) is 53.3 Å². The lowest BCUT2D eigenvalue weighted by atomic mass is 10.2. The molecular formula is C19H13ClN4O3S. The summed E-state index contributed by atoms with van der Waals surface area (Å²) in [5.41, 5.74) is 6.36. The van der Waals surface area contributed by atoms with E-state index in [1.54, 1.807) is 48.5 Å². The molecule has 0 aliphatic carbocycles. The van der Waals surface area contributed by atoms with Crippen molar-refractivity contribution in [3.63, 3.8) is 0 Å². The van der Waals surface area contributed by atoms with Crippen LogP contribution in [0.1, 0.15) is 5.56 Å². The maximum absolute atomic E-state index is 12.6. The van der Waals surface area contributed by atoms with E-state index in [0.29, 0.717) is 26.1 Å². The van der Waals surface area contributed by atoms with Gasteiger partial charge in [0.25, 0.3) is 11.5 Å². The third-order valence-corrected chi connectivity index (χ3v) is 5.02. The molecule has 7 nitrogen and oxygen atoms in total. The molecule has 0 bridgehead atoms. The number of amides is 1. The average molecular weight is 413 g/mol. The first-order valence-electron chi connectivity index (χ1n) is 8.18. The van der Waals surface area contributed by atoms with Gasteiger partial charge in [0, 0.05) is 10.6 Å². The van der Waals surface area contributed by atoms with E-state index in [1.165, 1.54) is 15.9 Å². The van der Waals surface area contributed by atoms with Crippen LogP contribution in [0, 0.1) is 0 Å². The summed E-state index contributed by atoms with van der Waals surface area (Å²) < 4.78 is 7.02. The molecule has 0 unspecified atom stereocenters. The summed E-state index contributed by atoms with van der Waals surface area (Å²) in [6, 6.07) is 14.1. The quantitative estimate of drug-likeness (QED) is 0.539. The Kier molecular flexibility index (Phi) is 4.81. The van der Waals surface area contributed by atoms with Crippen molar-refractivity contribution in [2.24, 2.45) is 5.73 Å². The number of hydrogen-bond donors (Lipinski definition) is 1. The van der Waals surface area contributed by atoms with Crippen molar-refractivity contribution in [1.82, 2.24) is 14.6 Å². The summed E-state index contributed by atoms with van der Waals surface area (Å²) in [4.78, 5) is 28.3. The molecule has 1 amide bonds. The molecule has 2 aromatic heterocycles. The van der Waals surface area contributed by atoms with Crippen molar-refractivity contribution in [3.05, 3.63) is 74.0 Å². The lowest BCUT2D eigenvalue weighted by Crippen LogP contribution is -2.23. The van der Waals surface area contributed by atoms with Crippen LogP contribution < -0.4 is 20.6 Å². The van der Waals surface area contributed by atoms with Gasteiger partial charge in [-0.3, -0.25) is 9.59 Å². The summed E-state index contributed by atoms with van der Waals surface area (Å²) in [6.07, 6.45) is 1.75. The van der Waals surface area contributed by atoms with Gasteiger partial charge in [-0.1, -0.05) is 47.2 Å².